The summed E-state index contributed by atoms with van der Waals surface area (Å²) in [4.78, 5) is 3.96. The van der Waals surface area contributed by atoms with Gasteiger partial charge in [-0.2, -0.15) is 0 Å². The maximum Gasteiger partial charge on any atom is 0.106 e. The molecule has 0 fully saturated rings. The van der Waals surface area contributed by atoms with Gasteiger partial charge in [-0.3, -0.25) is 0 Å². The average molecular weight is 231 g/mol. The summed E-state index contributed by atoms with van der Waals surface area (Å²) in [7, 11) is 0. The molecule has 2 atom stereocenters. The molecule has 0 saturated heterocycles. The van der Waals surface area contributed by atoms with E-state index in [9.17, 15) is 5.11 Å². The molecule has 0 radical (unpaired) electrons. The fourth-order valence-electron chi connectivity index (χ4n) is 0.903. The van der Waals surface area contributed by atoms with E-state index in [4.69, 9.17) is 5.73 Å². The molecule has 3 N–H and O–H groups in total. The number of aliphatic hydroxyl groups excluding tert-OH is 1. The van der Waals surface area contributed by atoms with Gasteiger partial charge in [0, 0.05) is 6.20 Å². The zero-order valence-electron chi connectivity index (χ0n) is 6.74. The molecular weight excluding hydrogens is 220 g/mol. The third-order valence-corrected chi connectivity index (χ3v) is 2.09. The molecule has 0 spiro atoms. The molecule has 1 aromatic heterocycles. The Balaban J connectivity index is 2.88. The number of nitrogens with zero attached hydrogens (tertiary/aromatic N) is 1. The summed E-state index contributed by atoms with van der Waals surface area (Å²) in [5.41, 5.74) is 6.59. The van der Waals surface area contributed by atoms with Crippen LogP contribution in [-0.4, -0.2) is 16.2 Å². The normalized spacial score (nSPS) is 15.7. The Bertz CT molecular complexity index is 265. The minimum absolute atomic E-state index is 0.343. The number of hydrogen-bond donors (Lipinski definition) is 2. The number of aromatic nitrogens is 1. The lowest BCUT2D eigenvalue weighted by atomic mass is 10.1. The van der Waals surface area contributed by atoms with E-state index in [-0.39, 0.29) is 6.04 Å². The lowest BCUT2D eigenvalue weighted by Crippen LogP contribution is -2.23. The zero-order valence-corrected chi connectivity index (χ0v) is 8.32. The first-order chi connectivity index (χ1) is 5.61. The molecule has 0 aliphatic rings. The monoisotopic (exact) mass is 230 g/mol. The molecule has 0 aromatic carbocycles. The van der Waals surface area contributed by atoms with Crippen LogP contribution in [0.15, 0.2) is 22.9 Å². The molecule has 3 nitrogen and oxygen atoms in total. The van der Waals surface area contributed by atoms with E-state index < -0.39 is 6.10 Å². The summed E-state index contributed by atoms with van der Waals surface area (Å²) in [5.74, 6) is 0. The van der Waals surface area contributed by atoms with Crippen LogP contribution in [-0.2, 0) is 0 Å². The van der Waals surface area contributed by atoms with Crippen molar-refractivity contribution in [3.8, 4) is 0 Å². The topological polar surface area (TPSA) is 59.1 Å². The molecule has 66 valence electrons. The molecule has 4 heteroatoms. The lowest BCUT2D eigenvalue weighted by Gasteiger charge is -2.14. The highest BCUT2D eigenvalue weighted by atomic mass is 79.9. The van der Waals surface area contributed by atoms with E-state index in [2.05, 4.69) is 20.9 Å². The van der Waals surface area contributed by atoms with Gasteiger partial charge in [0.25, 0.3) is 0 Å². The first kappa shape index (κ1) is 9.64. The Morgan fingerprint density at radius 1 is 1.67 bits per heavy atom. The second-order valence-corrected chi connectivity index (χ2v) is 3.49. The standard InChI is InChI=1S/C8H11BrN2O/c1-5(12)8(10)6-2-3-11-7(9)4-6/h2-5,8,12H,10H2,1H3/t5-,8+/m1/s1. The van der Waals surface area contributed by atoms with Gasteiger partial charge in [-0.05, 0) is 40.5 Å². The summed E-state index contributed by atoms with van der Waals surface area (Å²) in [6, 6.07) is 3.25. The van der Waals surface area contributed by atoms with E-state index in [1.165, 1.54) is 0 Å². The van der Waals surface area contributed by atoms with Gasteiger partial charge < -0.3 is 10.8 Å². The predicted octanol–water partition coefficient (Wildman–Crippen LogP) is 1.22. The van der Waals surface area contributed by atoms with Crippen LogP contribution in [0.3, 0.4) is 0 Å². The Labute approximate surface area is 79.7 Å². The molecule has 1 rings (SSSR count). The Morgan fingerprint density at radius 3 is 2.83 bits per heavy atom. The number of halogens is 1. The van der Waals surface area contributed by atoms with Crippen molar-refractivity contribution in [2.75, 3.05) is 0 Å². The van der Waals surface area contributed by atoms with Crippen molar-refractivity contribution >= 4 is 15.9 Å². The van der Waals surface area contributed by atoms with E-state index >= 15 is 0 Å². The fourth-order valence-corrected chi connectivity index (χ4v) is 1.29. The van der Waals surface area contributed by atoms with E-state index in [1.54, 1.807) is 25.3 Å². The number of aliphatic hydroxyl groups is 1. The van der Waals surface area contributed by atoms with Gasteiger partial charge in [-0.25, -0.2) is 4.98 Å². The number of rotatable bonds is 2. The number of nitrogens with two attached hydrogens (primary N) is 1. The fraction of sp³-hybridized carbons (Fsp3) is 0.375. The highest BCUT2D eigenvalue weighted by molar-refractivity contribution is 9.10. The van der Waals surface area contributed by atoms with Gasteiger partial charge in [0.15, 0.2) is 0 Å². The second-order valence-electron chi connectivity index (χ2n) is 2.68. The molecule has 0 saturated carbocycles. The third-order valence-electron chi connectivity index (χ3n) is 1.66. The minimum atomic E-state index is -0.542. The molecule has 1 heterocycles. The first-order valence-electron chi connectivity index (χ1n) is 3.66. The van der Waals surface area contributed by atoms with Gasteiger partial charge in [0.2, 0.25) is 0 Å². The second kappa shape index (κ2) is 3.98. The van der Waals surface area contributed by atoms with Crippen LogP contribution in [0, 0.1) is 0 Å². The Hall–Kier alpha value is -0.450. The maximum atomic E-state index is 9.20. The molecule has 0 amide bonds. The molecule has 0 aliphatic heterocycles. The van der Waals surface area contributed by atoms with Crippen molar-refractivity contribution in [1.29, 1.82) is 0 Å². The average Bonchev–Trinajstić information content (AvgIpc) is 2.03. The summed E-state index contributed by atoms with van der Waals surface area (Å²) in [5, 5.41) is 9.20. The van der Waals surface area contributed by atoms with Crippen molar-refractivity contribution in [3.05, 3.63) is 28.5 Å². The summed E-state index contributed by atoms with van der Waals surface area (Å²) in [6.45, 7) is 1.67. The molecule has 0 unspecified atom stereocenters. The Morgan fingerprint density at radius 2 is 2.33 bits per heavy atom. The molecule has 0 bridgehead atoms. The van der Waals surface area contributed by atoms with Crippen molar-refractivity contribution < 1.29 is 5.11 Å². The summed E-state index contributed by atoms with van der Waals surface area (Å²) >= 11 is 3.23. The highest BCUT2D eigenvalue weighted by Gasteiger charge is 2.11. The highest BCUT2D eigenvalue weighted by Crippen LogP contribution is 2.16. The molecule has 12 heavy (non-hydrogen) atoms. The van der Waals surface area contributed by atoms with Gasteiger partial charge in [-0.15, -0.1) is 0 Å². The van der Waals surface area contributed by atoms with E-state index in [1.807, 2.05) is 0 Å². The summed E-state index contributed by atoms with van der Waals surface area (Å²) < 4.78 is 0.733. The molecular formula is C8H11BrN2O. The molecule has 1 aromatic rings. The Kier molecular flexibility index (Phi) is 3.20. The smallest absolute Gasteiger partial charge is 0.106 e. The van der Waals surface area contributed by atoms with Crippen LogP contribution < -0.4 is 5.73 Å². The van der Waals surface area contributed by atoms with Crippen LogP contribution in [0.1, 0.15) is 18.5 Å². The quantitative estimate of drug-likeness (QED) is 0.752. The number of hydrogen-bond acceptors (Lipinski definition) is 3. The largest absolute Gasteiger partial charge is 0.391 e. The van der Waals surface area contributed by atoms with Gasteiger partial charge in [0.1, 0.15) is 4.60 Å². The van der Waals surface area contributed by atoms with Crippen LogP contribution >= 0.6 is 15.9 Å². The van der Waals surface area contributed by atoms with Gasteiger partial charge >= 0.3 is 0 Å². The van der Waals surface area contributed by atoms with Gasteiger partial charge in [-0.1, -0.05) is 0 Å². The predicted molar refractivity (Wildman–Crippen MR) is 50.5 cm³/mol. The van der Waals surface area contributed by atoms with Crippen LogP contribution in [0.4, 0.5) is 0 Å². The van der Waals surface area contributed by atoms with Crippen molar-refractivity contribution in [3.63, 3.8) is 0 Å². The number of pyridine rings is 1. The van der Waals surface area contributed by atoms with Crippen LogP contribution in [0.25, 0.3) is 0 Å². The zero-order chi connectivity index (χ0) is 9.14. The van der Waals surface area contributed by atoms with Crippen molar-refractivity contribution in [1.82, 2.24) is 4.98 Å². The maximum absolute atomic E-state index is 9.20. The minimum Gasteiger partial charge on any atom is -0.391 e. The van der Waals surface area contributed by atoms with E-state index in [0.29, 0.717) is 0 Å². The van der Waals surface area contributed by atoms with Crippen LogP contribution in [0.5, 0.6) is 0 Å². The van der Waals surface area contributed by atoms with E-state index in [0.717, 1.165) is 10.2 Å². The molecule has 0 aliphatic carbocycles. The first-order valence-corrected chi connectivity index (χ1v) is 4.45. The van der Waals surface area contributed by atoms with Gasteiger partial charge in [0.05, 0.1) is 12.1 Å². The SMILES string of the molecule is C[C@@H](O)[C@H](N)c1ccnc(Br)c1. The van der Waals surface area contributed by atoms with Crippen LogP contribution in [0.2, 0.25) is 0 Å². The summed E-state index contributed by atoms with van der Waals surface area (Å²) in [6.07, 6.45) is 1.11. The lowest BCUT2D eigenvalue weighted by molar-refractivity contribution is 0.164. The van der Waals surface area contributed by atoms with Crippen molar-refractivity contribution in [2.24, 2.45) is 5.73 Å². The van der Waals surface area contributed by atoms with Crippen molar-refractivity contribution in [2.45, 2.75) is 19.1 Å². The third kappa shape index (κ3) is 2.27.